The summed E-state index contributed by atoms with van der Waals surface area (Å²) < 4.78 is 6.01. The van der Waals surface area contributed by atoms with E-state index < -0.39 is 0 Å². The third-order valence-electron chi connectivity index (χ3n) is 4.46. The SMILES string of the molecule is C=CCC[C@H](c1cccc(Oc2ccccc2)c1)N1CCNCC1. The molecule has 0 unspecified atom stereocenters. The molecule has 1 aliphatic heterocycles. The van der Waals surface area contributed by atoms with Crippen molar-refractivity contribution in [2.45, 2.75) is 18.9 Å². The Balaban J connectivity index is 1.78. The monoisotopic (exact) mass is 322 g/mol. The highest BCUT2D eigenvalue weighted by molar-refractivity contribution is 5.35. The van der Waals surface area contributed by atoms with E-state index >= 15 is 0 Å². The fraction of sp³-hybridized carbons (Fsp3) is 0.333. The summed E-state index contributed by atoms with van der Waals surface area (Å²) in [5.41, 5.74) is 1.33. The van der Waals surface area contributed by atoms with Gasteiger partial charge in [-0.05, 0) is 42.7 Å². The maximum absolute atomic E-state index is 6.01. The van der Waals surface area contributed by atoms with E-state index in [1.807, 2.05) is 42.5 Å². The Hall–Kier alpha value is -2.10. The number of hydrogen-bond donors (Lipinski definition) is 1. The number of hydrogen-bond acceptors (Lipinski definition) is 3. The topological polar surface area (TPSA) is 24.5 Å². The van der Waals surface area contributed by atoms with Gasteiger partial charge in [0.05, 0.1) is 0 Å². The summed E-state index contributed by atoms with van der Waals surface area (Å²) in [7, 11) is 0. The molecule has 24 heavy (non-hydrogen) atoms. The van der Waals surface area contributed by atoms with E-state index in [1.165, 1.54) is 5.56 Å². The van der Waals surface area contributed by atoms with Gasteiger partial charge in [-0.1, -0.05) is 36.4 Å². The van der Waals surface area contributed by atoms with Crippen LogP contribution in [0.5, 0.6) is 11.5 Å². The van der Waals surface area contributed by atoms with Gasteiger partial charge in [0.15, 0.2) is 0 Å². The first kappa shape index (κ1) is 16.7. The summed E-state index contributed by atoms with van der Waals surface area (Å²) in [6, 6.07) is 18.9. The van der Waals surface area contributed by atoms with Crippen molar-refractivity contribution in [1.29, 1.82) is 0 Å². The molecule has 3 heteroatoms. The minimum atomic E-state index is 0.421. The number of benzene rings is 2. The third-order valence-corrected chi connectivity index (χ3v) is 4.46. The van der Waals surface area contributed by atoms with Crippen molar-refractivity contribution in [3.63, 3.8) is 0 Å². The van der Waals surface area contributed by atoms with Gasteiger partial charge < -0.3 is 10.1 Å². The molecule has 0 spiro atoms. The van der Waals surface area contributed by atoms with Crippen LogP contribution in [0.3, 0.4) is 0 Å². The molecule has 2 aromatic rings. The zero-order chi connectivity index (χ0) is 16.6. The normalized spacial score (nSPS) is 16.5. The predicted molar refractivity (Wildman–Crippen MR) is 99.6 cm³/mol. The standard InChI is InChI=1S/C21H26N2O/c1-2-3-12-21(23-15-13-22-14-16-23)18-8-7-11-20(17-18)24-19-9-5-4-6-10-19/h2,4-11,17,21-22H,1,3,12-16H2/t21-/m1/s1. The molecule has 126 valence electrons. The number of rotatable bonds is 7. The largest absolute Gasteiger partial charge is 0.457 e. The van der Waals surface area contributed by atoms with Crippen molar-refractivity contribution < 1.29 is 4.74 Å². The van der Waals surface area contributed by atoms with Crippen molar-refractivity contribution in [2.75, 3.05) is 26.2 Å². The van der Waals surface area contributed by atoms with E-state index in [0.717, 1.165) is 50.5 Å². The molecule has 1 atom stereocenters. The minimum absolute atomic E-state index is 0.421. The van der Waals surface area contributed by atoms with Gasteiger partial charge in [-0.25, -0.2) is 0 Å². The highest BCUT2D eigenvalue weighted by Crippen LogP contribution is 2.30. The number of piperazine rings is 1. The molecule has 1 fully saturated rings. The number of para-hydroxylation sites is 1. The number of ether oxygens (including phenoxy) is 1. The van der Waals surface area contributed by atoms with Crippen molar-refractivity contribution in [2.24, 2.45) is 0 Å². The fourth-order valence-electron chi connectivity index (χ4n) is 3.24. The van der Waals surface area contributed by atoms with Crippen LogP contribution in [0, 0.1) is 0 Å². The molecule has 0 aromatic heterocycles. The van der Waals surface area contributed by atoms with E-state index in [9.17, 15) is 0 Å². The average molecular weight is 322 g/mol. The van der Waals surface area contributed by atoms with Gasteiger partial charge in [0.1, 0.15) is 11.5 Å². The molecule has 0 saturated carbocycles. The Morgan fingerprint density at radius 2 is 1.79 bits per heavy atom. The van der Waals surface area contributed by atoms with E-state index in [1.54, 1.807) is 0 Å². The maximum Gasteiger partial charge on any atom is 0.127 e. The van der Waals surface area contributed by atoms with Crippen molar-refractivity contribution >= 4 is 0 Å². The summed E-state index contributed by atoms with van der Waals surface area (Å²) in [4.78, 5) is 2.57. The van der Waals surface area contributed by atoms with Gasteiger partial charge in [-0.3, -0.25) is 4.90 Å². The first-order valence-electron chi connectivity index (χ1n) is 8.75. The van der Waals surface area contributed by atoms with Crippen molar-refractivity contribution in [1.82, 2.24) is 10.2 Å². The first-order valence-corrected chi connectivity index (χ1v) is 8.75. The van der Waals surface area contributed by atoms with E-state index in [4.69, 9.17) is 4.74 Å². The minimum Gasteiger partial charge on any atom is -0.457 e. The lowest BCUT2D eigenvalue weighted by atomic mass is 9.99. The Labute approximate surface area is 145 Å². The van der Waals surface area contributed by atoms with Gasteiger partial charge in [-0.15, -0.1) is 6.58 Å². The van der Waals surface area contributed by atoms with Crippen molar-refractivity contribution in [3.05, 3.63) is 72.8 Å². The second kappa shape index (κ2) is 8.67. The van der Waals surface area contributed by atoms with Crippen LogP contribution < -0.4 is 10.1 Å². The third kappa shape index (κ3) is 4.47. The van der Waals surface area contributed by atoms with Gasteiger partial charge in [0.25, 0.3) is 0 Å². The van der Waals surface area contributed by atoms with E-state index in [2.05, 4.69) is 35.0 Å². The molecular formula is C21H26N2O. The van der Waals surface area contributed by atoms with E-state index in [0.29, 0.717) is 6.04 Å². The average Bonchev–Trinajstić information content (AvgIpc) is 2.64. The molecule has 0 radical (unpaired) electrons. The molecule has 3 nitrogen and oxygen atoms in total. The Morgan fingerprint density at radius 1 is 1.04 bits per heavy atom. The van der Waals surface area contributed by atoms with Gasteiger partial charge in [-0.2, -0.15) is 0 Å². The fourth-order valence-corrected chi connectivity index (χ4v) is 3.24. The molecule has 0 bridgehead atoms. The molecular weight excluding hydrogens is 296 g/mol. The summed E-state index contributed by atoms with van der Waals surface area (Å²) >= 11 is 0. The molecule has 3 rings (SSSR count). The van der Waals surface area contributed by atoms with Crippen LogP contribution in [0.2, 0.25) is 0 Å². The zero-order valence-electron chi connectivity index (χ0n) is 14.2. The molecule has 2 aromatic carbocycles. The molecule has 1 aliphatic rings. The lowest BCUT2D eigenvalue weighted by molar-refractivity contribution is 0.166. The van der Waals surface area contributed by atoms with Gasteiger partial charge >= 0.3 is 0 Å². The van der Waals surface area contributed by atoms with Crippen LogP contribution >= 0.6 is 0 Å². The number of allylic oxidation sites excluding steroid dienone is 1. The van der Waals surface area contributed by atoms with Gasteiger partial charge in [0.2, 0.25) is 0 Å². The van der Waals surface area contributed by atoms with E-state index in [-0.39, 0.29) is 0 Å². The maximum atomic E-state index is 6.01. The van der Waals surface area contributed by atoms with Crippen LogP contribution in [0.15, 0.2) is 67.3 Å². The predicted octanol–water partition coefficient (Wildman–Crippen LogP) is 4.39. The molecule has 1 N–H and O–H groups in total. The first-order chi connectivity index (χ1) is 11.9. The summed E-state index contributed by atoms with van der Waals surface area (Å²) in [6.07, 6.45) is 4.14. The van der Waals surface area contributed by atoms with Crippen LogP contribution in [-0.2, 0) is 0 Å². The Kier molecular flexibility index (Phi) is 6.05. The summed E-state index contributed by atoms with van der Waals surface area (Å²) in [6.45, 7) is 8.19. The van der Waals surface area contributed by atoms with Crippen LogP contribution in [-0.4, -0.2) is 31.1 Å². The van der Waals surface area contributed by atoms with Crippen LogP contribution in [0.4, 0.5) is 0 Å². The lowest BCUT2D eigenvalue weighted by Gasteiger charge is -2.35. The lowest BCUT2D eigenvalue weighted by Crippen LogP contribution is -2.45. The number of nitrogens with one attached hydrogen (secondary N) is 1. The summed E-state index contributed by atoms with van der Waals surface area (Å²) in [5, 5.41) is 3.43. The molecule has 1 saturated heterocycles. The van der Waals surface area contributed by atoms with Crippen molar-refractivity contribution in [3.8, 4) is 11.5 Å². The second-order valence-corrected chi connectivity index (χ2v) is 6.16. The van der Waals surface area contributed by atoms with Crippen LogP contribution in [0.1, 0.15) is 24.4 Å². The quantitative estimate of drug-likeness (QED) is 0.765. The van der Waals surface area contributed by atoms with Crippen LogP contribution in [0.25, 0.3) is 0 Å². The molecule has 0 amide bonds. The smallest absolute Gasteiger partial charge is 0.127 e. The molecule has 0 aliphatic carbocycles. The second-order valence-electron chi connectivity index (χ2n) is 6.16. The Bertz CT molecular complexity index is 635. The Morgan fingerprint density at radius 3 is 2.54 bits per heavy atom. The number of nitrogens with zero attached hydrogens (tertiary/aromatic N) is 1. The zero-order valence-corrected chi connectivity index (χ0v) is 14.2. The van der Waals surface area contributed by atoms with Gasteiger partial charge in [0, 0.05) is 32.2 Å². The summed E-state index contributed by atoms with van der Waals surface area (Å²) in [5.74, 6) is 1.77. The molecule has 1 heterocycles. The highest BCUT2D eigenvalue weighted by Gasteiger charge is 2.21. The highest BCUT2D eigenvalue weighted by atomic mass is 16.5.